The molecular weight excluding hydrogens is 397 g/mol. The van der Waals surface area contributed by atoms with Gasteiger partial charge in [-0.2, -0.15) is 18.4 Å². The number of nitrogens with two attached hydrogens (primary N) is 1. The lowest BCUT2D eigenvalue weighted by molar-refractivity contribution is -0.144. The molecule has 8 nitrogen and oxygen atoms in total. The fourth-order valence-electron chi connectivity index (χ4n) is 2.85. The van der Waals surface area contributed by atoms with Crippen molar-refractivity contribution in [3.63, 3.8) is 0 Å². The fourth-order valence-corrected chi connectivity index (χ4v) is 2.85. The molecule has 0 aliphatic carbocycles. The molecule has 0 aromatic carbocycles. The van der Waals surface area contributed by atoms with Gasteiger partial charge in [-0.15, -0.1) is 5.10 Å². The molecule has 3 rings (SSSR count). The highest BCUT2D eigenvalue weighted by Crippen LogP contribution is 2.28. The average molecular weight is 414 g/mol. The van der Waals surface area contributed by atoms with Gasteiger partial charge in [0.05, 0.1) is 17.0 Å². The summed E-state index contributed by atoms with van der Waals surface area (Å²) in [5.41, 5.74) is 7.39. The summed E-state index contributed by atoms with van der Waals surface area (Å²) in [5, 5.41) is 12.7. The van der Waals surface area contributed by atoms with Crippen molar-refractivity contribution in [1.29, 1.82) is 5.26 Å². The Morgan fingerprint density at radius 1 is 1.37 bits per heavy atom. The summed E-state index contributed by atoms with van der Waals surface area (Å²) in [6.07, 6.45) is 2.14. The Morgan fingerprint density at radius 2 is 2.17 bits per heavy atom. The number of pyridine rings is 1. The van der Waals surface area contributed by atoms with Crippen molar-refractivity contribution >= 4 is 17.2 Å². The van der Waals surface area contributed by atoms with Crippen LogP contribution in [0, 0.1) is 11.3 Å². The summed E-state index contributed by atoms with van der Waals surface area (Å²) in [4.78, 5) is 16.4. The van der Waals surface area contributed by atoms with Crippen LogP contribution in [0.2, 0.25) is 0 Å². The highest BCUT2D eigenvalue weighted by Gasteiger charge is 2.36. The highest BCUT2D eigenvalue weighted by molar-refractivity contribution is 5.98. The number of hydrogen-bond acceptors (Lipinski definition) is 7. The van der Waals surface area contributed by atoms with E-state index in [0.29, 0.717) is 29.8 Å². The minimum Gasteiger partial charge on any atom is -0.405 e. The first-order valence-corrected chi connectivity index (χ1v) is 8.98. The van der Waals surface area contributed by atoms with E-state index in [2.05, 4.69) is 25.0 Å². The van der Waals surface area contributed by atoms with Crippen molar-refractivity contribution < 1.29 is 13.2 Å². The molecule has 0 aliphatic rings. The maximum Gasteiger partial charge on any atom is 0.453 e. The van der Waals surface area contributed by atoms with Gasteiger partial charge in [0.25, 0.3) is 5.82 Å². The zero-order valence-corrected chi connectivity index (χ0v) is 15.9. The SMILES string of the molecule is CCCc1c(CC(C=CN)=Nc2ncccc2C#N)ncn2nc(C(F)(F)F)nc12. The van der Waals surface area contributed by atoms with Gasteiger partial charge in [0, 0.05) is 18.2 Å². The molecule has 0 saturated carbocycles. The molecule has 0 amide bonds. The van der Waals surface area contributed by atoms with Gasteiger partial charge in [-0.3, -0.25) is 0 Å². The summed E-state index contributed by atoms with van der Waals surface area (Å²) < 4.78 is 40.1. The monoisotopic (exact) mass is 414 g/mol. The van der Waals surface area contributed by atoms with E-state index in [1.807, 2.05) is 13.0 Å². The van der Waals surface area contributed by atoms with Gasteiger partial charge in [-0.1, -0.05) is 13.3 Å². The summed E-state index contributed by atoms with van der Waals surface area (Å²) in [5.74, 6) is -1.00. The largest absolute Gasteiger partial charge is 0.453 e. The summed E-state index contributed by atoms with van der Waals surface area (Å²) in [6.45, 7) is 1.90. The Balaban J connectivity index is 2.08. The fraction of sp³-hybridized carbons (Fsp3) is 0.263. The number of nitriles is 1. The number of aromatic nitrogens is 5. The molecule has 0 atom stereocenters. The summed E-state index contributed by atoms with van der Waals surface area (Å²) >= 11 is 0. The number of alkyl halides is 3. The highest BCUT2D eigenvalue weighted by atomic mass is 19.4. The predicted octanol–water partition coefficient (Wildman–Crippen LogP) is 3.15. The molecule has 0 saturated heterocycles. The summed E-state index contributed by atoms with van der Waals surface area (Å²) in [6, 6.07) is 5.21. The van der Waals surface area contributed by atoms with E-state index in [0.717, 1.165) is 4.52 Å². The first-order valence-electron chi connectivity index (χ1n) is 8.98. The Hall–Kier alpha value is -3.81. The zero-order chi connectivity index (χ0) is 21.7. The molecule has 0 radical (unpaired) electrons. The van der Waals surface area contributed by atoms with Crippen LogP contribution in [0.1, 0.15) is 36.0 Å². The number of fused-ring (bicyclic) bond motifs is 1. The molecule has 3 aromatic heterocycles. The van der Waals surface area contributed by atoms with Crippen LogP contribution in [0.15, 0.2) is 41.9 Å². The van der Waals surface area contributed by atoms with Crippen molar-refractivity contribution in [3.8, 4) is 6.07 Å². The van der Waals surface area contributed by atoms with Crippen molar-refractivity contribution in [2.45, 2.75) is 32.4 Å². The number of hydrogen-bond donors (Lipinski definition) is 1. The van der Waals surface area contributed by atoms with E-state index in [1.165, 1.54) is 24.8 Å². The normalized spacial score (nSPS) is 12.6. The van der Waals surface area contributed by atoms with Gasteiger partial charge in [0.1, 0.15) is 12.4 Å². The second kappa shape index (κ2) is 8.69. The molecule has 0 aliphatic heterocycles. The van der Waals surface area contributed by atoms with Crippen LogP contribution < -0.4 is 5.73 Å². The third-order valence-corrected chi connectivity index (χ3v) is 4.12. The molecule has 30 heavy (non-hydrogen) atoms. The number of allylic oxidation sites excluding steroid dienone is 1. The molecular formula is C19H17F3N8. The topological polar surface area (TPSA) is 118 Å². The van der Waals surface area contributed by atoms with Gasteiger partial charge in [-0.05, 0) is 30.8 Å². The number of nitrogens with zero attached hydrogens (tertiary/aromatic N) is 7. The van der Waals surface area contributed by atoms with E-state index in [-0.39, 0.29) is 23.4 Å². The average Bonchev–Trinajstić information content (AvgIpc) is 3.15. The van der Waals surface area contributed by atoms with Gasteiger partial charge in [-0.25, -0.2) is 24.5 Å². The first kappa shape index (κ1) is 20.9. The first-order chi connectivity index (χ1) is 14.4. The lowest BCUT2D eigenvalue weighted by Crippen LogP contribution is -2.09. The van der Waals surface area contributed by atoms with Crippen molar-refractivity contribution in [1.82, 2.24) is 24.6 Å². The van der Waals surface area contributed by atoms with Gasteiger partial charge in [0.2, 0.25) is 0 Å². The number of rotatable bonds is 6. The molecule has 3 heterocycles. The second-order valence-electron chi connectivity index (χ2n) is 6.25. The van der Waals surface area contributed by atoms with E-state index < -0.39 is 12.0 Å². The van der Waals surface area contributed by atoms with Crippen molar-refractivity contribution in [2.75, 3.05) is 0 Å². The van der Waals surface area contributed by atoms with Crippen molar-refractivity contribution in [2.24, 2.45) is 10.7 Å². The van der Waals surface area contributed by atoms with Gasteiger partial charge >= 0.3 is 6.18 Å². The van der Waals surface area contributed by atoms with Gasteiger partial charge in [0.15, 0.2) is 11.5 Å². The molecule has 0 bridgehead atoms. The van der Waals surface area contributed by atoms with Crippen molar-refractivity contribution in [3.05, 3.63) is 59.6 Å². The minimum atomic E-state index is -4.66. The molecule has 11 heteroatoms. The van der Waals surface area contributed by atoms with Crippen LogP contribution in [0.5, 0.6) is 0 Å². The molecule has 0 fully saturated rings. The van der Waals surface area contributed by atoms with Crippen LogP contribution in [-0.4, -0.2) is 30.3 Å². The maximum atomic E-state index is 13.0. The summed E-state index contributed by atoms with van der Waals surface area (Å²) in [7, 11) is 0. The molecule has 3 aromatic rings. The van der Waals surface area contributed by atoms with Crippen LogP contribution in [0.4, 0.5) is 19.0 Å². The Kier molecular flexibility index (Phi) is 6.06. The van der Waals surface area contributed by atoms with E-state index >= 15 is 0 Å². The smallest absolute Gasteiger partial charge is 0.405 e. The third-order valence-electron chi connectivity index (χ3n) is 4.12. The minimum absolute atomic E-state index is 0.0980. The van der Waals surface area contributed by atoms with Crippen LogP contribution in [-0.2, 0) is 19.0 Å². The van der Waals surface area contributed by atoms with E-state index in [1.54, 1.807) is 12.1 Å². The number of aryl methyl sites for hydroxylation is 1. The second-order valence-corrected chi connectivity index (χ2v) is 6.25. The molecule has 0 spiro atoms. The standard InChI is InChI=1S/C19H17F3N8/c1-2-4-14-15(26-11-30-17(14)28-18(29-30)19(20,21)22)9-13(6-7-23)27-16-12(10-24)5-3-8-25-16/h3,5-8,11H,2,4,9,23H2,1H3. The lowest BCUT2D eigenvalue weighted by atomic mass is 10.0. The zero-order valence-electron chi connectivity index (χ0n) is 15.9. The molecule has 154 valence electrons. The maximum absolute atomic E-state index is 13.0. The van der Waals surface area contributed by atoms with Crippen LogP contribution >= 0.6 is 0 Å². The molecule has 0 unspecified atom stereocenters. The Labute approximate surface area is 169 Å². The van der Waals surface area contributed by atoms with Crippen LogP contribution in [0.3, 0.4) is 0 Å². The number of halogens is 3. The quantitative estimate of drug-likeness (QED) is 0.619. The van der Waals surface area contributed by atoms with E-state index in [4.69, 9.17) is 5.73 Å². The van der Waals surface area contributed by atoms with E-state index in [9.17, 15) is 18.4 Å². The number of aliphatic imine (C=N–C) groups is 1. The predicted molar refractivity (Wildman–Crippen MR) is 103 cm³/mol. The lowest BCUT2D eigenvalue weighted by Gasteiger charge is -2.09. The Morgan fingerprint density at radius 3 is 2.83 bits per heavy atom. The Bertz CT molecular complexity index is 1150. The van der Waals surface area contributed by atoms with Crippen LogP contribution in [0.25, 0.3) is 5.65 Å². The third kappa shape index (κ3) is 4.43. The molecule has 2 N–H and O–H groups in total. The van der Waals surface area contributed by atoms with Gasteiger partial charge < -0.3 is 5.73 Å².